The third-order valence-electron chi connectivity index (χ3n) is 2.95. The largest absolute Gasteiger partial charge is 0.395 e. The van der Waals surface area contributed by atoms with Crippen LogP contribution in [0.15, 0.2) is 47.9 Å². The zero-order chi connectivity index (χ0) is 15.5. The third kappa shape index (κ3) is 3.41. The van der Waals surface area contributed by atoms with E-state index in [0.29, 0.717) is 16.1 Å². The number of hydrogen-bond donors (Lipinski definition) is 1. The van der Waals surface area contributed by atoms with Gasteiger partial charge in [0.15, 0.2) is 0 Å². The summed E-state index contributed by atoms with van der Waals surface area (Å²) in [6, 6.07) is 7.96. The Labute approximate surface area is 128 Å². The number of hydrogen-bond acceptors (Lipinski definition) is 4. The minimum Gasteiger partial charge on any atom is -0.395 e. The molecular weight excluding hydrogens is 312 g/mol. The Kier molecular flexibility index (Phi) is 4.95. The summed E-state index contributed by atoms with van der Waals surface area (Å²) in [4.78, 5) is 4.26. The second-order valence-corrected chi connectivity index (χ2v) is 6.69. The lowest BCUT2D eigenvalue weighted by Gasteiger charge is -2.19. The first-order chi connectivity index (χ1) is 9.98. The van der Waals surface area contributed by atoms with Crippen LogP contribution in [0.1, 0.15) is 0 Å². The molecule has 2 aromatic rings. The predicted octanol–water partition coefficient (Wildman–Crippen LogP) is 2.06. The zero-order valence-corrected chi connectivity index (χ0v) is 12.8. The van der Waals surface area contributed by atoms with Crippen LogP contribution in [-0.2, 0) is 10.0 Å². The highest BCUT2D eigenvalue weighted by Gasteiger charge is 2.23. The van der Waals surface area contributed by atoms with E-state index in [0.717, 1.165) is 0 Å². The molecule has 1 aromatic carbocycles. The van der Waals surface area contributed by atoms with Gasteiger partial charge in [-0.15, -0.1) is 6.58 Å². The van der Waals surface area contributed by atoms with E-state index in [-0.39, 0.29) is 24.6 Å². The number of sulfonamides is 1. The van der Waals surface area contributed by atoms with Gasteiger partial charge in [0.25, 0.3) is 0 Å². The van der Waals surface area contributed by atoms with Gasteiger partial charge in [-0.05, 0) is 30.3 Å². The first kappa shape index (κ1) is 15.9. The molecule has 7 heteroatoms. The zero-order valence-electron chi connectivity index (χ0n) is 11.2. The second kappa shape index (κ2) is 6.53. The summed E-state index contributed by atoms with van der Waals surface area (Å²) in [5.41, 5.74) is 0.624. The summed E-state index contributed by atoms with van der Waals surface area (Å²) in [7, 11) is -3.69. The van der Waals surface area contributed by atoms with E-state index < -0.39 is 10.0 Å². The van der Waals surface area contributed by atoms with Crippen molar-refractivity contribution in [3.05, 3.63) is 48.1 Å². The number of nitrogens with zero attached hydrogens (tertiary/aromatic N) is 2. The van der Waals surface area contributed by atoms with Gasteiger partial charge in [0.05, 0.1) is 17.0 Å². The Morgan fingerprint density at radius 2 is 2.10 bits per heavy atom. The number of rotatable bonds is 6. The van der Waals surface area contributed by atoms with Crippen LogP contribution in [0.25, 0.3) is 10.9 Å². The van der Waals surface area contributed by atoms with E-state index in [2.05, 4.69) is 11.6 Å². The fraction of sp³-hybridized carbons (Fsp3) is 0.214. The molecule has 2 rings (SSSR count). The minimum atomic E-state index is -3.69. The summed E-state index contributed by atoms with van der Waals surface area (Å²) in [5, 5.41) is 10.0. The van der Waals surface area contributed by atoms with E-state index >= 15 is 0 Å². The topological polar surface area (TPSA) is 70.5 Å². The molecule has 0 aliphatic carbocycles. The molecule has 0 amide bonds. The maximum atomic E-state index is 12.5. The number of aromatic nitrogens is 1. The van der Waals surface area contributed by atoms with Gasteiger partial charge >= 0.3 is 0 Å². The SMILES string of the molecule is C=CCN(CCO)S(=O)(=O)c1ccc2nc(Cl)ccc2c1. The summed E-state index contributed by atoms with van der Waals surface area (Å²) in [6.07, 6.45) is 1.48. The molecule has 0 atom stereocenters. The van der Waals surface area contributed by atoms with Gasteiger partial charge < -0.3 is 5.11 Å². The Bertz CT molecular complexity index is 762. The number of aliphatic hydroxyl groups is 1. The van der Waals surface area contributed by atoms with Crippen LogP contribution in [0.5, 0.6) is 0 Å². The molecule has 5 nitrogen and oxygen atoms in total. The first-order valence-corrected chi connectivity index (χ1v) is 8.09. The van der Waals surface area contributed by atoms with E-state index in [1.807, 2.05) is 0 Å². The van der Waals surface area contributed by atoms with Crippen LogP contribution < -0.4 is 0 Å². The number of pyridine rings is 1. The van der Waals surface area contributed by atoms with Crippen molar-refractivity contribution in [3.8, 4) is 0 Å². The highest BCUT2D eigenvalue weighted by molar-refractivity contribution is 7.89. The van der Waals surface area contributed by atoms with E-state index in [9.17, 15) is 8.42 Å². The minimum absolute atomic E-state index is 0.0191. The van der Waals surface area contributed by atoms with Crippen LogP contribution in [0.4, 0.5) is 0 Å². The average Bonchev–Trinajstić information content (AvgIpc) is 2.46. The highest BCUT2D eigenvalue weighted by atomic mass is 35.5. The monoisotopic (exact) mass is 326 g/mol. The molecule has 0 saturated heterocycles. The fourth-order valence-electron chi connectivity index (χ4n) is 1.95. The molecule has 0 saturated carbocycles. The molecule has 112 valence electrons. The normalized spacial score (nSPS) is 12.0. The number of fused-ring (bicyclic) bond motifs is 1. The van der Waals surface area contributed by atoms with Crippen LogP contribution in [0, 0.1) is 0 Å². The first-order valence-electron chi connectivity index (χ1n) is 6.27. The fourth-order valence-corrected chi connectivity index (χ4v) is 3.55. The van der Waals surface area contributed by atoms with Crippen LogP contribution in [-0.4, -0.2) is 42.5 Å². The molecule has 0 spiro atoms. The van der Waals surface area contributed by atoms with E-state index in [1.54, 1.807) is 24.3 Å². The summed E-state index contributed by atoms with van der Waals surface area (Å²) in [5.74, 6) is 0. The molecule has 0 aliphatic heterocycles. The van der Waals surface area contributed by atoms with Crippen molar-refractivity contribution in [3.63, 3.8) is 0 Å². The lowest BCUT2D eigenvalue weighted by Crippen LogP contribution is -2.33. The molecule has 1 aromatic heterocycles. The Morgan fingerprint density at radius 3 is 2.76 bits per heavy atom. The highest BCUT2D eigenvalue weighted by Crippen LogP contribution is 2.22. The van der Waals surface area contributed by atoms with Gasteiger partial charge in [0.2, 0.25) is 10.0 Å². The van der Waals surface area contributed by atoms with Crippen molar-refractivity contribution in [2.24, 2.45) is 0 Å². The van der Waals surface area contributed by atoms with Crippen LogP contribution >= 0.6 is 11.6 Å². The Hall–Kier alpha value is -1.47. The van der Waals surface area contributed by atoms with Crippen molar-refractivity contribution in [1.82, 2.24) is 9.29 Å². The molecule has 1 N–H and O–H groups in total. The Balaban J connectivity index is 2.48. The van der Waals surface area contributed by atoms with Gasteiger partial charge in [-0.2, -0.15) is 4.31 Å². The van der Waals surface area contributed by atoms with Crippen molar-refractivity contribution < 1.29 is 13.5 Å². The lowest BCUT2D eigenvalue weighted by atomic mass is 10.2. The van der Waals surface area contributed by atoms with Crippen LogP contribution in [0.2, 0.25) is 5.15 Å². The average molecular weight is 327 g/mol. The number of benzene rings is 1. The van der Waals surface area contributed by atoms with Gasteiger partial charge in [-0.25, -0.2) is 13.4 Å². The van der Waals surface area contributed by atoms with Crippen molar-refractivity contribution in [2.45, 2.75) is 4.90 Å². The van der Waals surface area contributed by atoms with E-state index in [4.69, 9.17) is 16.7 Å². The van der Waals surface area contributed by atoms with Gasteiger partial charge in [0, 0.05) is 18.5 Å². The van der Waals surface area contributed by atoms with E-state index in [1.165, 1.54) is 16.4 Å². The third-order valence-corrected chi connectivity index (χ3v) is 5.02. The van der Waals surface area contributed by atoms with Gasteiger partial charge in [-0.1, -0.05) is 17.7 Å². The van der Waals surface area contributed by atoms with Crippen molar-refractivity contribution >= 4 is 32.5 Å². The maximum absolute atomic E-state index is 12.5. The molecule has 0 fully saturated rings. The summed E-state index contributed by atoms with van der Waals surface area (Å²) < 4.78 is 26.3. The smallest absolute Gasteiger partial charge is 0.243 e. The van der Waals surface area contributed by atoms with Gasteiger partial charge in [0.1, 0.15) is 5.15 Å². The Morgan fingerprint density at radius 1 is 1.33 bits per heavy atom. The van der Waals surface area contributed by atoms with Crippen LogP contribution in [0.3, 0.4) is 0 Å². The number of aliphatic hydroxyl groups excluding tert-OH is 1. The molecule has 0 unspecified atom stereocenters. The standard InChI is InChI=1S/C14H15ClN2O3S/c1-2-7-17(8-9-18)21(19,20)12-4-5-13-11(10-12)3-6-14(15)16-13/h2-6,10,18H,1,7-9H2. The molecular formula is C14H15ClN2O3S. The molecule has 21 heavy (non-hydrogen) atoms. The molecule has 0 bridgehead atoms. The molecule has 1 heterocycles. The van der Waals surface area contributed by atoms with Crippen molar-refractivity contribution in [2.75, 3.05) is 19.7 Å². The molecule has 0 radical (unpaired) electrons. The number of halogens is 1. The quantitative estimate of drug-likeness (QED) is 0.651. The second-order valence-electron chi connectivity index (χ2n) is 4.36. The molecule has 0 aliphatic rings. The van der Waals surface area contributed by atoms with Gasteiger partial charge in [-0.3, -0.25) is 0 Å². The maximum Gasteiger partial charge on any atom is 0.243 e. The lowest BCUT2D eigenvalue weighted by molar-refractivity contribution is 0.260. The predicted molar refractivity (Wildman–Crippen MR) is 82.8 cm³/mol. The van der Waals surface area contributed by atoms with Crippen molar-refractivity contribution in [1.29, 1.82) is 0 Å². The summed E-state index contributed by atoms with van der Waals surface area (Å²) >= 11 is 5.80. The summed E-state index contributed by atoms with van der Waals surface area (Å²) in [6.45, 7) is 3.44.